The number of fused-ring (bicyclic) bond motifs is 7. The van der Waals surface area contributed by atoms with E-state index in [0.29, 0.717) is 17.1 Å². The average molecular weight is 664 g/mol. The van der Waals surface area contributed by atoms with Gasteiger partial charge >= 0.3 is 0 Å². The van der Waals surface area contributed by atoms with Gasteiger partial charge in [0.05, 0.1) is 45.1 Å². The molecule has 0 bridgehead atoms. The number of nitrogens with zero attached hydrogens (tertiary/aromatic N) is 5. The molecule has 0 unspecified atom stereocenters. The Kier molecular flexibility index (Phi) is 6.80. The van der Waals surface area contributed by atoms with Gasteiger partial charge in [0.2, 0.25) is 0 Å². The van der Waals surface area contributed by atoms with Crippen LogP contribution < -0.4 is 0 Å². The summed E-state index contributed by atoms with van der Waals surface area (Å²) in [4.78, 5) is 10.1. The molecule has 0 N–H and O–H groups in total. The summed E-state index contributed by atoms with van der Waals surface area (Å²) in [5.41, 5.74) is 11.2. The smallest absolute Gasteiger partial charge is 0.160 e. The van der Waals surface area contributed by atoms with E-state index in [1.54, 1.807) is 0 Å². The summed E-state index contributed by atoms with van der Waals surface area (Å²) in [6, 6.07) is 63.0. The molecule has 52 heavy (non-hydrogen) atoms. The zero-order chi connectivity index (χ0) is 34.6. The van der Waals surface area contributed by atoms with Gasteiger partial charge in [-0.2, -0.15) is 5.26 Å². The molecular formula is C47H29N5. The average Bonchev–Trinajstić information content (AvgIpc) is 3.74. The summed E-state index contributed by atoms with van der Waals surface area (Å²) in [6.07, 6.45) is 0. The van der Waals surface area contributed by atoms with Gasteiger partial charge in [-0.15, -0.1) is 0 Å². The topological polar surface area (TPSA) is 59.4 Å². The Hall–Kier alpha value is -7.29. The van der Waals surface area contributed by atoms with Crippen LogP contribution in [-0.4, -0.2) is 19.1 Å². The molecule has 5 heteroatoms. The Morgan fingerprint density at radius 3 is 1.79 bits per heavy atom. The molecule has 3 aromatic heterocycles. The predicted molar refractivity (Wildman–Crippen MR) is 212 cm³/mol. The molecule has 0 atom stereocenters. The van der Waals surface area contributed by atoms with Gasteiger partial charge in [-0.3, -0.25) is 0 Å². The second kappa shape index (κ2) is 11.9. The van der Waals surface area contributed by atoms with Crippen molar-refractivity contribution >= 4 is 43.6 Å². The maximum atomic E-state index is 10.5. The summed E-state index contributed by atoms with van der Waals surface area (Å²) in [5, 5.41) is 15.2. The molecule has 0 saturated carbocycles. The zero-order valence-corrected chi connectivity index (χ0v) is 28.0. The first-order valence-corrected chi connectivity index (χ1v) is 17.3. The lowest BCUT2D eigenvalue weighted by molar-refractivity contribution is 1.16. The third-order valence-electron chi connectivity index (χ3n) is 9.97. The van der Waals surface area contributed by atoms with Crippen LogP contribution in [0.25, 0.3) is 88.9 Å². The number of rotatable bonds is 5. The monoisotopic (exact) mass is 663 g/mol. The quantitative estimate of drug-likeness (QED) is 0.184. The van der Waals surface area contributed by atoms with Crippen LogP contribution in [0.4, 0.5) is 0 Å². The zero-order valence-electron chi connectivity index (χ0n) is 28.0. The van der Waals surface area contributed by atoms with Gasteiger partial charge in [-0.1, -0.05) is 121 Å². The molecule has 242 valence electrons. The van der Waals surface area contributed by atoms with Crippen LogP contribution in [0, 0.1) is 11.3 Å². The maximum Gasteiger partial charge on any atom is 0.160 e. The highest BCUT2D eigenvalue weighted by Crippen LogP contribution is 2.42. The Morgan fingerprint density at radius 2 is 1.06 bits per heavy atom. The number of hydrogen-bond acceptors (Lipinski definition) is 3. The standard InChI is InChI=1S/C47H29N5/c48-30-33-24-25-35(28-39(33)41-29-40(31-14-4-1-5-15-31)49-47(50-41)32-16-6-2-7-17-32)52-42-22-12-10-20-36(42)37-26-27-44-45(46(37)52)38-21-11-13-23-43(38)51(44)34-18-8-3-9-19-34/h1-29H. The fourth-order valence-corrected chi connectivity index (χ4v) is 7.67. The molecule has 0 saturated heterocycles. The van der Waals surface area contributed by atoms with Gasteiger partial charge in [0.25, 0.3) is 0 Å². The van der Waals surface area contributed by atoms with E-state index in [0.717, 1.165) is 55.8 Å². The molecule has 10 rings (SSSR count). The minimum Gasteiger partial charge on any atom is -0.309 e. The van der Waals surface area contributed by atoms with Crippen molar-refractivity contribution in [2.45, 2.75) is 0 Å². The summed E-state index contributed by atoms with van der Waals surface area (Å²) in [6.45, 7) is 0. The number of benzene rings is 7. The largest absolute Gasteiger partial charge is 0.309 e. The molecule has 0 radical (unpaired) electrons. The Morgan fingerprint density at radius 1 is 0.442 bits per heavy atom. The van der Waals surface area contributed by atoms with Gasteiger partial charge in [0.1, 0.15) is 0 Å². The Bertz CT molecular complexity index is 2950. The second-order valence-corrected chi connectivity index (χ2v) is 12.9. The van der Waals surface area contributed by atoms with Crippen molar-refractivity contribution in [3.63, 3.8) is 0 Å². The molecule has 10 aromatic rings. The van der Waals surface area contributed by atoms with E-state index >= 15 is 0 Å². The second-order valence-electron chi connectivity index (χ2n) is 12.9. The Balaban J connectivity index is 1.28. The van der Waals surface area contributed by atoms with Crippen LogP contribution in [0.2, 0.25) is 0 Å². The van der Waals surface area contributed by atoms with Crippen LogP contribution in [0.1, 0.15) is 5.56 Å². The van der Waals surface area contributed by atoms with Gasteiger partial charge < -0.3 is 9.13 Å². The summed E-state index contributed by atoms with van der Waals surface area (Å²) in [7, 11) is 0. The van der Waals surface area contributed by atoms with Crippen molar-refractivity contribution in [1.29, 1.82) is 5.26 Å². The van der Waals surface area contributed by atoms with Crippen molar-refractivity contribution in [2.75, 3.05) is 0 Å². The number of aromatic nitrogens is 4. The first-order chi connectivity index (χ1) is 25.8. The van der Waals surface area contributed by atoms with Crippen LogP contribution in [0.3, 0.4) is 0 Å². The van der Waals surface area contributed by atoms with Crippen LogP contribution in [-0.2, 0) is 0 Å². The van der Waals surface area contributed by atoms with E-state index in [-0.39, 0.29) is 0 Å². The third kappa shape index (κ3) is 4.63. The number of hydrogen-bond donors (Lipinski definition) is 0. The fourth-order valence-electron chi connectivity index (χ4n) is 7.67. The van der Waals surface area contributed by atoms with Gasteiger partial charge in [-0.25, -0.2) is 9.97 Å². The lowest BCUT2D eigenvalue weighted by Crippen LogP contribution is -2.00. The van der Waals surface area contributed by atoms with Gasteiger partial charge in [0.15, 0.2) is 5.82 Å². The Labute approximate surface area is 299 Å². The summed E-state index contributed by atoms with van der Waals surface area (Å²) >= 11 is 0. The van der Waals surface area contributed by atoms with E-state index in [1.807, 2.05) is 60.7 Å². The maximum absolute atomic E-state index is 10.5. The van der Waals surface area contributed by atoms with Crippen molar-refractivity contribution in [2.24, 2.45) is 0 Å². The molecular weight excluding hydrogens is 635 g/mol. The minimum absolute atomic E-state index is 0.548. The van der Waals surface area contributed by atoms with Crippen LogP contribution in [0.5, 0.6) is 0 Å². The van der Waals surface area contributed by atoms with Crippen molar-refractivity contribution in [1.82, 2.24) is 19.1 Å². The normalized spacial score (nSPS) is 11.4. The molecule has 0 aliphatic carbocycles. The molecule has 5 nitrogen and oxygen atoms in total. The highest BCUT2D eigenvalue weighted by atomic mass is 15.0. The molecule has 0 aliphatic rings. The molecule has 0 aliphatic heterocycles. The lowest BCUT2D eigenvalue weighted by atomic mass is 10.0. The molecule has 7 aromatic carbocycles. The fraction of sp³-hybridized carbons (Fsp3) is 0. The first-order valence-electron chi connectivity index (χ1n) is 17.3. The number of nitriles is 1. The summed E-state index contributed by atoms with van der Waals surface area (Å²) < 4.78 is 4.71. The third-order valence-corrected chi connectivity index (χ3v) is 9.97. The predicted octanol–water partition coefficient (Wildman–Crippen LogP) is 11.5. The first kappa shape index (κ1) is 29.6. The molecule has 3 heterocycles. The van der Waals surface area contributed by atoms with Crippen LogP contribution >= 0.6 is 0 Å². The highest BCUT2D eigenvalue weighted by Gasteiger charge is 2.22. The van der Waals surface area contributed by atoms with E-state index in [9.17, 15) is 5.26 Å². The van der Waals surface area contributed by atoms with E-state index in [2.05, 4.69) is 130 Å². The van der Waals surface area contributed by atoms with Gasteiger partial charge in [-0.05, 0) is 54.6 Å². The SMILES string of the molecule is N#Cc1ccc(-n2c3ccccc3c3ccc4c(c5ccccc5n4-c4ccccc4)c32)cc1-c1cc(-c2ccccc2)nc(-c2ccccc2)n1. The lowest BCUT2D eigenvalue weighted by Gasteiger charge is -2.14. The van der Waals surface area contributed by atoms with Crippen molar-refractivity contribution in [3.05, 3.63) is 181 Å². The van der Waals surface area contributed by atoms with Crippen molar-refractivity contribution < 1.29 is 0 Å². The van der Waals surface area contributed by atoms with Crippen molar-refractivity contribution in [3.8, 4) is 51.3 Å². The molecule has 0 amide bonds. The summed E-state index contributed by atoms with van der Waals surface area (Å²) in [5.74, 6) is 0.610. The van der Waals surface area contributed by atoms with E-state index < -0.39 is 0 Å². The molecule has 0 spiro atoms. The van der Waals surface area contributed by atoms with E-state index in [4.69, 9.17) is 9.97 Å². The minimum atomic E-state index is 0.548. The molecule has 0 fully saturated rings. The highest BCUT2D eigenvalue weighted by molar-refractivity contribution is 6.26. The van der Waals surface area contributed by atoms with E-state index in [1.165, 1.54) is 21.5 Å². The van der Waals surface area contributed by atoms with Gasteiger partial charge in [0, 0.05) is 49.6 Å². The number of para-hydroxylation sites is 3. The van der Waals surface area contributed by atoms with Crippen LogP contribution in [0.15, 0.2) is 176 Å².